The Morgan fingerprint density at radius 3 is 2.14 bits per heavy atom. The first-order valence-corrected chi connectivity index (χ1v) is 4.81. The molecule has 0 spiro atoms. The third-order valence-electron chi connectivity index (χ3n) is 1.20. The van der Waals surface area contributed by atoms with Gasteiger partial charge < -0.3 is 4.74 Å². The normalized spacial score (nSPS) is 7.57. The van der Waals surface area contributed by atoms with Gasteiger partial charge in [-0.1, -0.05) is 27.7 Å². The highest BCUT2D eigenvalue weighted by Gasteiger charge is 1.96. The van der Waals surface area contributed by atoms with Gasteiger partial charge in [-0.05, 0) is 0 Å². The van der Waals surface area contributed by atoms with Crippen LogP contribution in [0, 0.1) is 0 Å². The lowest BCUT2D eigenvalue weighted by atomic mass is 10.6. The minimum Gasteiger partial charge on any atom is -0.468 e. The molecule has 1 aromatic rings. The molecule has 82 valence electrons. The van der Waals surface area contributed by atoms with Gasteiger partial charge in [0.2, 0.25) is 0 Å². The number of ether oxygens (including phenoxy) is 1. The Bertz CT molecular complexity index is 282. The number of rotatable bonds is 1. The van der Waals surface area contributed by atoms with Crippen LogP contribution in [0.1, 0.15) is 27.7 Å². The molecule has 0 radical (unpaired) electrons. The molecule has 0 bridgehead atoms. The zero-order chi connectivity index (χ0) is 11.6. The molecule has 0 atom stereocenters. The second kappa shape index (κ2) is 9.77. The molecule has 0 aliphatic rings. The molecular weight excluding hydrogens is 180 g/mol. The fourth-order valence-electron chi connectivity index (χ4n) is 0.647. The SMILES string of the molecule is CC.CC.COc1nccc(=O)n1C. The maximum absolute atomic E-state index is 10.8. The summed E-state index contributed by atoms with van der Waals surface area (Å²) in [5.41, 5.74) is -0.119. The molecule has 4 nitrogen and oxygen atoms in total. The minimum absolute atomic E-state index is 0.119. The molecule has 0 saturated carbocycles. The Hall–Kier alpha value is -1.32. The summed E-state index contributed by atoms with van der Waals surface area (Å²) in [4.78, 5) is 14.6. The van der Waals surface area contributed by atoms with Crippen LogP contribution in [0.2, 0.25) is 0 Å². The monoisotopic (exact) mass is 200 g/mol. The second-order valence-corrected chi connectivity index (χ2v) is 1.83. The Kier molecular flexibility index (Phi) is 10.6. The first-order chi connectivity index (χ1) is 6.75. The molecule has 0 saturated heterocycles. The molecule has 0 N–H and O–H groups in total. The van der Waals surface area contributed by atoms with Gasteiger partial charge in [0.1, 0.15) is 0 Å². The lowest BCUT2D eigenvalue weighted by molar-refractivity contribution is 0.356. The summed E-state index contributed by atoms with van der Waals surface area (Å²) in [6.07, 6.45) is 1.42. The molecule has 0 aliphatic carbocycles. The van der Waals surface area contributed by atoms with Gasteiger partial charge in [0.25, 0.3) is 11.6 Å². The smallest absolute Gasteiger partial charge is 0.298 e. The van der Waals surface area contributed by atoms with E-state index in [0.717, 1.165) is 0 Å². The molecule has 0 aliphatic heterocycles. The Morgan fingerprint density at radius 1 is 1.29 bits per heavy atom. The molecule has 4 heteroatoms. The van der Waals surface area contributed by atoms with Crippen LogP contribution in [0.15, 0.2) is 17.1 Å². The van der Waals surface area contributed by atoms with E-state index in [1.54, 1.807) is 7.05 Å². The van der Waals surface area contributed by atoms with E-state index in [4.69, 9.17) is 4.74 Å². The molecule has 14 heavy (non-hydrogen) atoms. The summed E-state index contributed by atoms with van der Waals surface area (Å²) in [6.45, 7) is 8.00. The summed E-state index contributed by atoms with van der Waals surface area (Å²) in [6, 6.07) is 1.70. The Balaban J connectivity index is 0. The van der Waals surface area contributed by atoms with Crippen LogP contribution < -0.4 is 10.3 Å². The maximum Gasteiger partial charge on any atom is 0.298 e. The van der Waals surface area contributed by atoms with E-state index in [2.05, 4.69) is 4.98 Å². The molecule has 0 amide bonds. The molecule has 0 fully saturated rings. The van der Waals surface area contributed by atoms with Crippen molar-refractivity contribution in [1.82, 2.24) is 9.55 Å². The van der Waals surface area contributed by atoms with Crippen LogP contribution in [0.5, 0.6) is 6.01 Å². The predicted octanol–water partition coefficient (Wildman–Crippen LogP) is 1.84. The zero-order valence-electron chi connectivity index (χ0n) is 9.87. The van der Waals surface area contributed by atoms with Crippen molar-refractivity contribution in [3.05, 3.63) is 22.6 Å². The molecule has 0 aromatic carbocycles. The van der Waals surface area contributed by atoms with Crippen LogP contribution in [-0.4, -0.2) is 16.7 Å². The summed E-state index contributed by atoms with van der Waals surface area (Å²) in [5, 5.41) is 0. The molecule has 1 heterocycles. The van der Waals surface area contributed by atoms with Gasteiger partial charge in [0.15, 0.2) is 0 Å². The fraction of sp³-hybridized carbons (Fsp3) is 0.600. The maximum atomic E-state index is 10.8. The molecule has 0 unspecified atom stereocenters. The van der Waals surface area contributed by atoms with Crippen molar-refractivity contribution in [1.29, 1.82) is 0 Å². The van der Waals surface area contributed by atoms with Gasteiger partial charge in [-0.2, -0.15) is 0 Å². The number of methoxy groups -OCH3 is 1. The van der Waals surface area contributed by atoms with Gasteiger partial charge in [-0.15, -0.1) is 0 Å². The number of nitrogens with zero attached hydrogens (tertiary/aromatic N) is 2. The van der Waals surface area contributed by atoms with Gasteiger partial charge in [0, 0.05) is 19.3 Å². The van der Waals surface area contributed by atoms with Gasteiger partial charge in [0.05, 0.1) is 7.11 Å². The second-order valence-electron chi connectivity index (χ2n) is 1.83. The van der Waals surface area contributed by atoms with Gasteiger partial charge >= 0.3 is 0 Å². The average molecular weight is 200 g/mol. The lowest BCUT2D eigenvalue weighted by Gasteiger charge is -2.01. The minimum atomic E-state index is -0.119. The first-order valence-electron chi connectivity index (χ1n) is 4.81. The van der Waals surface area contributed by atoms with E-state index in [0.29, 0.717) is 6.01 Å². The average Bonchev–Trinajstić information content (AvgIpc) is 2.28. The van der Waals surface area contributed by atoms with Crippen LogP contribution in [0.3, 0.4) is 0 Å². The van der Waals surface area contributed by atoms with E-state index in [9.17, 15) is 4.79 Å². The first kappa shape index (κ1) is 15.2. The van der Waals surface area contributed by atoms with Crippen LogP contribution in [0.4, 0.5) is 0 Å². The topological polar surface area (TPSA) is 44.1 Å². The van der Waals surface area contributed by atoms with Crippen molar-refractivity contribution >= 4 is 0 Å². The van der Waals surface area contributed by atoms with E-state index < -0.39 is 0 Å². The van der Waals surface area contributed by atoms with Crippen molar-refractivity contribution in [2.24, 2.45) is 7.05 Å². The number of hydrogen-bond donors (Lipinski definition) is 0. The Morgan fingerprint density at radius 2 is 1.79 bits per heavy atom. The van der Waals surface area contributed by atoms with Crippen LogP contribution in [-0.2, 0) is 7.05 Å². The highest BCUT2D eigenvalue weighted by molar-refractivity contribution is 4.96. The summed E-state index contributed by atoms with van der Waals surface area (Å²) in [5.74, 6) is 0. The number of hydrogen-bond acceptors (Lipinski definition) is 3. The largest absolute Gasteiger partial charge is 0.468 e. The van der Waals surface area contributed by atoms with Crippen LogP contribution >= 0.6 is 0 Å². The van der Waals surface area contributed by atoms with Crippen molar-refractivity contribution < 1.29 is 4.74 Å². The van der Waals surface area contributed by atoms with Gasteiger partial charge in [-0.25, -0.2) is 4.98 Å². The molecular formula is C10H20N2O2. The molecule has 1 aromatic heterocycles. The highest BCUT2D eigenvalue weighted by Crippen LogP contribution is 1.95. The quantitative estimate of drug-likeness (QED) is 0.694. The van der Waals surface area contributed by atoms with E-state index in [1.807, 2.05) is 27.7 Å². The molecule has 1 rings (SSSR count). The van der Waals surface area contributed by atoms with Crippen molar-refractivity contribution in [2.75, 3.05) is 7.11 Å². The summed E-state index contributed by atoms with van der Waals surface area (Å²) < 4.78 is 6.11. The highest BCUT2D eigenvalue weighted by atomic mass is 16.5. The van der Waals surface area contributed by atoms with Crippen molar-refractivity contribution in [3.63, 3.8) is 0 Å². The van der Waals surface area contributed by atoms with E-state index >= 15 is 0 Å². The van der Waals surface area contributed by atoms with E-state index in [1.165, 1.54) is 23.9 Å². The fourth-order valence-corrected chi connectivity index (χ4v) is 0.647. The lowest BCUT2D eigenvalue weighted by Crippen LogP contribution is -2.17. The standard InChI is InChI=1S/C6H8N2O2.2C2H6/c1-8-5(9)3-4-7-6(8)10-2;2*1-2/h3-4H,1-2H3;2*1-2H3. The predicted molar refractivity (Wildman–Crippen MR) is 58.7 cm³/mol. The summed E-state index contributed by atoms with van der Waals surface area (Å²) in [7, 11) is 3.08. The van der Waals surface area contributed by atoms with E-state index in [-0.39, 0.29) is 5.56 Å². The third-order valence-corrected chi connectivity index (χ3v) is 1.20. The van der Waals surface area contributed by atoms with Crippen molar-refractivity contribution in [2.45, 2.75) is 27.7 Å². The Labute approximate surface area is 85.6 Å². The zero-order valence-corrected chi connectivity index (χ0v) is 9.87. The van der Waals surface area contributed by atoms with Crippen LogP contribution in [0.25, 0.3) is 0 Å². The van der Waals surface area contributed by atoms with Gasteiger partial charge in [-0.3, -0.25) is 9.36 Å². The summed E-state index contributed by atoms with van der Waals surface area (Å²) >= 11 is 0. The van der Waals surface area contributed by atoms with Crippen molar-refractivity contribution in [3.8, 4) is 6.01 Å². The number of aromatic nitrogens is 2. The third kappa shape index (κ3) is 4.64.